The molecule has 28 heavy (non-hydrogen) atoms. The van der Waals surface area contributed by atoms with Crippen LogP contribution >= 0.6 is 11.6 Å². The summed E-state index contributed by atoms with van der Waals surface area (Å²) in [6.45, 7) is 13.5. The maximum atomic E-state index is 6.31. The molecular formula is C20H33ClN6O. The number of halogens is 1. The highest BCUT2D eigenvalue weighted by molar-refractivity contribution is 6.32. The van der Waals surface area contributed by atoms with E-state index in [2.05, 4.69) is 46.2 Å². The van der Waals surface area contributed by atoms with E-state index in [0.717, 1.165) is 70.7 Å². The van der Waals surface area contributed by atoms with E-state index in [0.29, 0.717) is 11.1 Å². The molecule has 2 N–H and O–H groups in total. The molecule has 7 nitrogen and oxygen atoms in total. The van der Waals surface area contributed by atoms with Crippen molar-refractivity contribution in [3.8, 4) is 0 Å². The molecule has 1 aromatic rings. The van der Waals surface area contributed by atoms with Crippen LogP contribution in [0.1, 0.15) is 27.2 Å². The fourth-order valence-electron chi connectivity index (χ4n) is 3.74. The molecule has 2 fully saturated rings. The number of rotatable bonds is 6. The standard InChI is InChI=1S/C20H33ClN6O/c1-4-22-19(24-15-20(2,3)27-10-12-28-13-11-27)25-16-7-9-26(14-16)18-17(21)6-5-8-23-18/h5-6,8,16H,4,7,9-15H2,1-3H3,(H2,22,24,25). The third-order valence-electron chi connectivity index (χ3n) is 5.40. The largest absolute Gasteiger partial charge is 0.379 e. The molecule has 3 heterocycles. The van der Waals surface area contributed by atoms with Gasteiger partial charge in [0.1, 0.15) is 5.82 Å². The molecular weight excluding hydrogens is 376 g/mol. The highest BCUT2D eigenvalue weighted by atomic mass is 35.5. The van der Waals surface area contributed by atoms with Gasteiger partial charge < -0.3 is 20.3 Å². The number of aromatic nitrogens is 1. The van der Waals surface area contributed by atoms with Crippen LogP contribution in [-0.4, -0.2) is 79.9 Å². The first-order valence-electron chi connectivity index (χ1n) is 10.2. The summed E-state index contributed by atoms with van der Waals surface area (Å²) in [6, 6.07) is 4.08. The number of ether oxygens (including phenoxy) is 1. The minimum Gasteiger partial charge on any atom is -0.379 e. The van der Waals surface area contributed by atoms with E-state index < -0.39 is 0 Å². The number of guanidine groups is 1. The molecule has 1 aromatic heterocycles. The van der Waals surface area contributed by atoms with Crippen molar-refractivity contribution in [2.75, 3.05) is 57.4 Å². The zero-order valence-electron chi connectivity index (χ0n) is 17.2. The van der Waals surface area contributed by atoms with Crippen LogP contribution in [0.2, 0.25) is 5.02 Å². The van der Waals surface area contributed by atoms with Crippen LogP contribution in [0.15, 0.2) is 23.3 Å². The number of hydrogen-bond acceptors (Lipinski definition) is 5. The van der Waals surface area contributed by atoms with Crippen molar-refractivity contribution in [3.63, 3.8) is 0 Å². The van der Waals surface area contributed by atoms with Gasteiger partial charge in [-0.05, 0) is 39.3 Å². The summed E-state index contributed by atoms with van der Waals surface area (Å²) in [5.74, 6) is 1.74. The minimum absolute atomic E-state index is 0.00925. The minimum atomic E-state index is 0.00925. The van der Waals surface area contributed by atoms with Gasteiger partial charge in [-0.3, -0.25) is 9.89 Å². The zero-order valence-corrected chi connectivity index (χ0v) is 18.0. The Kier molecular flexibility index (Phi) is 7.37. The monoisotopic (exact) mass is 408 g/mol. The van der Waals surface area contributed by atoms with Crippen LogP contribution in [0, 0.1) is 0 Å². The van der Waals surface area contributed by atoms with Gasteiger partial charge in [0.05, 0.1) is 24.8 Å². The zero-order chi connectivity index (χ0) is 20.0. The van der Waals surface area contributed by atoms with Crippen LogP contribution in [0.4, 0.5) is 5.82 Å². The molecule has 2 aliphatic rings. The highest BCUT2D eigenvalue weighted by Crippen LogP contribution is 2.25. The Morgan fingerprint density at radius 1 is 1.36 bits per heavy atom. The molecule has 0 bridgehead atoms. The average molecular weight is 409 g/mol. The first-order valence-corrected chi connectivity index (χ1v) is 10.6. The molecule has 156 valence electrons. The molecule has 0 spiro atoms. The van der Waals surface area contributed by atoms with Crippen LogP contribution in [-0.2, 0) is 4.74 Å². The van der Waals surface area contributed by atoms with Crippen LogP contribution in [0.3, 0.4) is 0 Å². The van der Waals surface area contributed by atoms with E-state index in [1.807, 2.05) is 12.1 Å². The van der Waals surface area contributed by atoms with Crippen LogP contribution in [0.25, 0.3) is 0 Å². The summed E-state index contributed by atoms with van der Waals surface area (Å²) in [5, 5.41) is 7.69. The Hall–Kier alpha value is -1.57. The number of morpholine rings is 1. The van der Waals surface area contributed by atoms with Crippen molar-refractivity contribution >= 4 is 23.4 Å². The van der Waals surface area contributed by atoms with Crippen molar-refractivity contribution in [2.45, 2.75) is 38.8 Å². The van der Waals surface area contributed by atoms with E-state index >= 15 is 0 Å². The Morgan fingerprint density at radius 2 is 2.14 bits per heavy atom. The summed E-state index contributed by atoms with van der Waals surface area (Å²) in [5.41, 5.74) is 0.00925. The van der Waals surface area contributed by atoms with Gasteiger partial charge in [-0.2, -0.15) is 0 Å². The SMILES string of the molecule is CCNC(=NCC(C)(C)N1CCOCC1)NC1CCN(c2ncccc2Cl)C1. The lowest BCUT2D eigenvalue weighted by molar-refractivity contribution is -0.00684. The summed E-state index contributed by atoms with van der Waals surface area (Å²) in [7, 11) is 0. The molecule has 0 aromatic carbocycles. The lowest BCUT2D eigenvalue weighted by Crippen LogP contribution is -2.52. The van der Waals surface area contributed by atoms with Gasteiger partial charge in [-0.25, -0.2) is 4.98 Å². The molecule has 1 atom stereocenters. The lowest BCUT2D eigenvalue weighted by Gasteiger charge is -2.40. The Morgan fingerprint density at radius 3 is 2.86 bits per heavy atom. The number of nitrogens with one attached hydrogen (secondary N) is 2. The number of hydrogen-bond donors (Lipinski definition) is 2. The van der Waals surface area contributed by atoms with E-state index in [1.54, 1.807) is 6.20 Å². The number of anilines is 1. The Bertz CT molecular complexity index is 662. The third-order valence-corrected chi connectivity index (χ3v) is 5.70. The van der Waals surface area contributed by atoms with Crippen LogP contribution < -0.4 is 15.5 Å². The maximum Gasteiger partial charge on any atom is 0.191 e. The molecule has 0 amide bonds. The van der Waals surface area contributed by atoms with Gasteiger partial charge in [0.2, 0.25) is 0 Å². The first kappa shape index (κ1) is 21.1. The second-order valence-corrected chi connectivity index (χ2v) is 8.40. The van der Waals surface area contributed by atoms with Gasteiger partial charge in [0.15, 0.2) is 5.96 Å². The van der Waals surface area contributed by atoms with Gasteiger partial charge >= 0.3 is 0 Å². The Balaban J connectivity index is 1.58. The normalized spacial score (nSPS) is 21.8. The third kappa shape index (κ3) is 5.49. The fraction of sp³-hybridized carbons (Fsp3) is 0.700. The van der Waals surface area contributed by atoms with Crippen molar-refractivity contribution in [3.05, 3.63) is 23.4 Å². The predicted molar refractivity (Wildman–Crippen MR) is 115 cm³/mol. The number of aliphatic imine (C=N–C) groups is 1. The second-order valence-electron chi connectivity index (χ2n) is 7.99. The lowest BCUT2D eigenvalue weighted by atomic mass is 10.0. The molecule has 8 heteroatoms. The smallest absolute Gasteiger partial charge is 0.191 e. The molecule has 2 saturated heterocycles. The molecule has 1 unspecified atom stereocenters. The highest BCUT2D eigenvalue weighted by Gasteiger charge is 2.29. The summed E-state index contributed by atoms with van der Waals surface area (Å²) in [6.07, 6.45) is 2.82. The van der Waals surface area contributed by atoms with E-state index in [9.17, 15) is 0 Å². The van der Waals surface area contributed by atoms with Crippen molar-refractivity contribution in [1.29, 1.82) is 0 Å². The topological polar surface area (TPSA) is 65.0 Å². The summed E-state index contributed by atoms with van der Waals surface area (Å²) < 4.78 is 5.48. The Labute approximate surface area is 173 Å². The summed E-state index contributed by atoms with van der Waals surface area (Å²) in [4.78, 5) is 14.0. The van der Waals surface area contributed by atoms with Crippen molar-refractivity contribution in [1.82, 2.24) is 20.5 Å². The summed E-state index contributed by atoms with van der Waals surface area (Å²) >= 11 is 6.31. The fourth-order valence-corrected chi connectivity index (χ4v) is 3.98. The van der Waals surface area contributed by atoms with Gasteiger partial charge in [0.25, 0.3) is 0 Å². The van der Waals surface area contributed by atoms with E-state index in [-0.39, 0.29) is 5.54 Å². The second kappa shape index (κ2) is 9.76. The van der Waals surface area contributed by atoms with Gasteiger partial charge in [0, 0.05) is 50.5 Å². The molecule has 0 saturated carbocycles. The quantitative estimate of drug-likeness (QED) is 0.554. The molecule has 2 aliphatic heterocycles. The molecule has 3 rings (SSSR count). The van der Waals surface area contributed by atoms with Crippen LogP contribution in [0.5, 0.6) is 0 Å². The number of pyridine rings is 1. The average Bonchev–Trinajstić information content (AvgIpc) is 3.16. The van der Waals surface area contributed by atoms with Crippen molar-refractivity contribution in [2.24, 2.45) is 4.99 Å². The predicted octanol–water partition coefficient (Wildman–Crippen LogP) is 1.98. The van der Waals surface area contributed by atoms with E-state index in [1.165, 1.54) is 0 Å². The van der Waals surface area contributed by atoms with Crippen molar-refractivity contribution < 1.29 is 4.74 Å². The first-order chi connectivity index (χ1) is 13.5. The van der Waals surface area contributed by atoms with Gasteiger partial charge in [-0.1, -0.05) is 11.6 Å². The van der Waals surface area contributed by atoms with E-state index in [4.69, 9.17) is 21.3 Å². The number of nitrogens with zero attached hydrogens (tertiary/aromatic N) is 4. The maximum absolute atomic E-state index is 6.31. The van der Waals surface area contributed by atoms with Gasteiger partial charge in [-0.15, -0.1) is 0 Å². The molecule has 0 radical (unpaired) electrons. The molecule has 0 aliphatic carbocycles.